The molecule has 0 heterocycles. The van der Waals surface area contributed by atoms with Gasteiger partial charge < -0.3 is 0 Å². The second kappa shape index (κ2) is 2.66. The quantitative estimate of drug-likeness (QED) is 0.503. The SMILES string of the molecule is CCC1CC(C)C2C=CCC12. The van der Waals surface area contributed by atoms with Crippen molar-refractivity contribution in [2.75, 3.05) is 0 Å². The van der Waals surface area contributed by atoms with Crippen molar-refractivity contribution < 1.29 is 0 Å². The standard InChI is InChI=1S/C11H18/c1-3-9-7-8(2)10-5-4-6-11(9)10/h4-5,8-11H,3,6-7H2,1-2H3. The van der Waals surface area contributed by atoms with Crippen LogP contribution in [0.5, 0.6) is 0 Å². The second-order valence-corrected chi connectivity index (χ2v) is 4.29. The van der Waals surface area contributed by atoms with Gasteiger partial charge in [0.1, 0.15) is 0 Å². The zero-order chi connectivity index (χ0) is 7.84. The van der Waals surface area contributed by atoms with Crippen LogP contribution in [0.1, 0.15) is 33.1 Å². The molecule has 0 bridgehead atoms. The molecule has 0 aliphatic heterocycles. The van der Waals surface area contributed by atoms with Gasteiger partial charge >= 0.3 is 0 Å². The average molecular weight is 150 g/mol. The number of allylic oxidation sites excluding steroid dienone is 2. The first-order valence-corrected chi connectivity index (χ1v) is 4.99. The van der Waals surface area contributed by atoms with Crippen molar-refractivity contribution in [3.63, 3.8) is 0 Å². The van der Waals surface area contributed by atoms with Crippen LogP contribution in [0.2, 0.25) is 0 Å². The highest BCUT2D eigenvalue weighted by Gasteiger charge is 2.39. The summed E-state index contributed by atoms with van der Waals surface area (Å²) in [4.78, 5) is 0. The lowest BCUT2D eigenvalue weighted by atomic mass is 9.89. The maximum absolute atomic E-state index is 2.46. The lowest BCUT2D eigenvalue weighted by Gasteiger charge is -2.16. The summed E-state index contributed by atoms with van der Waals surface area (Å²) in [6.07, 6.45) is 9.11. The van der Waals surface area contributed by atoms with Gasteiger partial charge in [-0.1, -0.05) is 32.4 Å². The van der Waals surface area contributed by atoms with Gasteiger partial charge in [0.15, 0.2) is 0 Å². The summed E-state index contributed by atoms with van der Waals surface area (Å²) < 4.78 is 0. The third kappa shape index (κ3) is 1.04. The Morgan fingerprint density at radius 1 is 1.45 bits per heavy atom. The molecular formula is C11H18. The summed E-state index contributed by atoms with van der Waals surface area (Å²) in [7, 11) is 0. The largest absolute Gasteiger partial charge is 0.0879 e. The molecule has 1 saturated carbocycles. The summed E-state index contributed by atoms with van der Waals surface area (Å²) >= 11 is 0. The number of hydrogen-bond donors (Lipinski definition) is 0. The first-order valence-electron chi connectivity index (χ1n) is 4.99. The Balaban J connectivity index is 2.11. The Kier molecular flexibility index (Phi) is 1.78. The van der Waals surface area contributed by atoms with Gasteiger partial charge in [-0.3, -0.25) is 0 Å². The highest BCUT2D eigenvalue weighted by atomic mass is 14.4. The predicted molar refractivity (Wildman–Crippen MR) is 48.3 cm³/mol. The Hall–Kier alpha value is -0.260. The molecule has 0 amide bonds. The predicted octanol–water partition coefficient (Wildman–Crippen LogP) is 3.24. The molecule has 4 unspecified atom stereocenters. The zero-order valence-corrected chi connectivity index (χ0v) is 7.59. The molecule has 0 aromatic heterocycles. The van der Waals surface area contributed by atoms with E-state index < -0.39 is 0 Å². The van der Waals surface area contributed by atoms with E-state index in [0.717, 1.165) is 23.7 Å². The Labute approximate surface area is 69.7 Å². The average Bonchev–Trinajstić information content (AvgIpc) is 2.54. The van der Waals surface area contributed by atoms with Crippen LogP contribution < -0.4 is 0 Å². The fraction of sp³-hybridized carbons (Fsp3) is 0.818. The van der Waals surface area contributed by atoms with Gasteiger partial charge in [-0.2, -0.15) is 0 Å². The molecule has 0 nitrogen and oxygen atoms in total. The molecular weight excluding hydrogens is 132 g/mol. The molecule has 0 N–H and O–H groups in total. The van der Waals surface area contributed by atoms with Gasteiger partial charge in [0, 0.05) is 0 Å². The van der Waals surface area contributed by atoms with Gasteiger partial charge in [-0.25, -0.2) is 0 Å². The smallest absolute Gasteiger partial charge is 0.0174 e. The van der Waals surface area contributed by atoms with E-state index in [4.69, 9.17) is 0 Å². The van der Waals surface area contributed by atoms with Crippen molar-refractivity contribution in [1.29, 1.82) is 0 Å². The zero-order valence-electron chi connectivity index (χ0n) is 7.59. The molecule has 0 spiro atoms. The van der Waals surface area contributed by atoms with Crippen LogP contribution in [0.4, 0.5) is 0 Å². The third-order valence-electron chi connectivity index (χ3n) is 3.72. The van der Waals surface area contributed by atoms with E-state index in [-0.39, 0.29) is 0 Å². The summed E-state index contributed by atoms with van der Waals surface area (Å²) in [5.74, 6) is 3.96. The van der Waals surface area contributed by atoms with Crippen molar-refractivity contribution in [1.82, 2.24) is 0 Å². The number of fused-ring (bicyclic) bond motifs is 1. The molecule has 1 fully saturated rings. The van der Waals surface area contributed by atoms with E-state index in [2.05, 4.69) is 26.0 Å². The van der Waals surface area contributed by atoms with E-state index in [9.17, 15) is 0 Å². The molecule has 62 valence electrons. The van der Waals surface area contributed by atoms with Gasteiger partial charge in [-0.15, -0.1) is 0 Å². The second-order valence-electron chi connectivity index (χ2n) is 4.29. The fourth-order valence-electron chi connectivity index (χ4n) is 3.09. The molecule has 0 saturated heterocycles. The first-order chi connectivity index (χ1) is 5.33. The minimum absolute atomic E-state index is 0.944. The van der Waals surface area contributed by atoms with Crippen LogP contribution in [-0.4, -0.2) is 0 Å². The van der Waals surface area contributed by atoms with Crippen LogP contribution in [0.25, 0.3) is 0 Å². The van der Waals surface area contributed by atoms with Crippen LogP contribution in [-0.2, 0) is 0 Å². The fourth-order valence-corrected chi connectivity index (χ4v) is 3.09. The topological polar surface area (TPSA) is 0 Å². The summed E-state index contributed by atoms with van der Waals surface area (Å²) in [6, 6.07) is 0. The molecule has 0 radical (unpaired) electrons. The van der Waals surface area contributed by atoms with Crippen molar-refractivity contribution in [2.45, 2.75) is 33.1 Å². The number of hydrogen-bond acceptors (Lipinski definition) is 0. The highest BCUT2D eigenvalue weighted by molar-refractivity contribution is 5.08. The van der Waals surface area contributed by atoms with E-state index in [1.165, 1.54) is 19.3 Å². The highest BCUT2D eigenvalue weighted by Crippen LogP contribution is 2.48. The Morgan fingerprint density at radius 3 is 3.00 bits per heavy atom. The maximum atomic E-state index is 2.46. The van der Waals surface area contributed by atoms with Crippen molar-refractivity contribution >= 4 is 0 Å². The molecule has 0 aromatic rings. The maximum Gasteiger partial charge on any atom is -0.0174 e. The number of rotatable bonds is 1. The summed E-state index contributed by atoms with van der Waals surface area (Å²) in [5.41, 5.74) is 0. The normalized spacial score (nSPS) is 48.2. The lowest BCUT2D eigenvalue weighted by molar-refractivity contribution is 0.354. The van der Waals surface area contributed by atoms with Crippen molar-refractivity contribution in [2.24, 2.45) is 23.7 Å². The molecule has 2 aliphatic carbocycles. The van der Waals surface area contributed by atoms with Gasteiger partial charge in [0.05, 0.1) is 0 Å². The van der Waals surface area contributed by atoms with E-state index in [0.29, 0.717) is 0 Å². The molecule has 2 rings (SSSR count). The molecule has 0 aromatic carbocycles. The van der Waals surface area contributed by atoms with Crippen LogP contribution >= 0.6 is 0 Å². The summed E-state index contributed by atoms with van der Waals surface area (Å²) in [5, 5.41) is 0. The van der Waals surface area contributed by atoms with E-state index >= 15 is 0 Å². The van der Waals surface area contributed by atoms with E-state index in [1.807, 2.05) is 0 Å². The molecule has 0 heteroatoms. The molecule has 11 heavy (non-hydrogen) atoms. The van der Waals surface area contributed by atoms with Crippen LogP contribution in [0.15, 0.2) is 12.2 Å². The van der Waals surface area contributed by atoms with Gasteiger partial charge in [0.2, 0.25) is 0 Å². The van der Waals surface area contributed by atoms with Crippen LogP contribution in [0.3, 0.4) is 0 Å². The minimum Gasteiger partial charge on any atom is -0.0879 e. The minimum atomic E-state index is 0.944. The van der Waals surface area contributed by atoms with Crippen LogP contribution in [0, 0.1) is 23.7 Å². The Bertz CT molecular complexity index is 169. The van der Waals surface area contributed by atoms with Gasteiger partial charge in [-0.05, 0) is 36.5 Å². The third-order valence-corrected chi connectivity index (χ3v) is 3.72. The van der Waals surface area contributed by atoms with E-state index in [1.54, 1.807) is 0 Å². The Morgan fingerprint density at radius 2 is 2.27 bits per heavy atom. The monoisotopic (exact) mass is 150 g/mol. The summed E-state index contributed by atoms with van der Waals surface area (Å²) in [6.45, 7) is 4.76. The first kappa shape index (κ1) is 7.39. The van der Waals surface area contributed by atoms with Crippen molar-refractivity contribution in [3.05, 3.63) is 12.2 Å². The lowest BCUT2D eigenvalue weighted by Crippen LogP contribution is -2.09. The molecule has 2 aliphatic rings. The molecule has 4 atom stereocenters. The van der Waals surface area contributed by atoms with Crippen molar-refractivity contribution in [3.8, 4) is 0 Å². The van der Waals surface area contributed by atoms with Gasteiger partial charge in [0.25, 0.3) is 0 Å².